The molecular formula is C47H48F6N10O5. The number of alkyl halides is 6. The Morgan fingerprint density at radius 1 is 0.603 bits per heavy atom. The van der Waals surface area contributed by atoms with Crippen molar-refractivity contribution in [2.24, 2.45) is 0 Å². The maximum absolute atomic E-state index is 14.6. The summed E-state index contributed by atoms with van der Waals surface area (Å²) in [6, 6.07) is 16.6. The molecule has 4 heterocycles. The number of rotatable bonds is 13. The second kappa shape index (κ2) is 19.8. The molecule has 3 N–H and O–H groups in total. The van der Waals surface area contributed by atoms with E-state index < -0.39 is 47.5 Å². The van der Waals surface area contributed by atoms with Crippen LogP contribution in [0.15, 0.2) is 84.9 Å². The Labute approximate surface area is 386 Å². The first-order valence-corrected chi connectivity index (χ1v) is 21.8. The summed E-state index contributed by atoms with van der Waals surface area (Å²) in [5.41, 5.74) is 0.769. The van der Waals surface area contributed by atoms with Crippen LogP contribution in [0.4, 0.5) is 49.6 Å². The summed E-state index contributed by atoms with van der Waals surface area (Å²) in [6.45, 7) is 10.1. The van der Waals surface area contributed by atoms with Crippen molar-refractivity contribution in [3.05, 3.63) is 107 Å². The van der Waals surface area contributed by atoms with Gasteiger partial charge in [-0.2, -0.15) is 26.3 Å². The molecule has 2 aromatic heterocycles. The lowest BCUT2D eigenvalue weighted by Gasteiger charge is -2.34. The highest BCUT2D eigenvalue weighted by molar-refractivity contribution is 6.04. The van der Waals surface area contributed by atoms with E-state index in [1.807, 2.05) is 11.9 Å². The molecule has 8 rings (SSSR count). The molecule has 21 heteroatoms. The molecule has 0 bridgehead atoms. The molecule has 2 amide bonds. The molecule has 2 aliphatic rings. The zero-order valence-electron chi connectivity index (χ0n) is 37.2. The lowest BCUT2D eigenvalue weighted by Crippen LogP contribution is -2.51. The molecule has 2 unspecified atom stereocenters. The topological polar surface area (TPSA) is 161 Å². The average Bonchev–Trinajstić information content (AvgIpc) is 3.30. The van der Waals surface area contributed by atoms with Crippen molar-refractivity contribution in [3.8, 4) is 11.5 Å². The van der Waals surface area contributed by atoms with Crippen molar-refractivity contribution in [2.45, 2.75) is 38.4 Å². The van der Waals surface area contributed by atoms with Gasteiger partial charge in [0.15, 0.2) is 0 Å². The fourth-order valence-electron chi connectivity index (χ4n) is 7.96. The van der Waals surface area contributed by atoms with Gasteiger partial charge in [-0.15, -0.1) is 0 Å². The molecule has 0 aliphatic carbocycles. The number of anilines is 4. The van der Waals surface area contributed by atoms with E-state index in [1.54, 1.807) is 50.2 Å². The number of aliphatic hydroxyl groups excluding tert-OH is 1. The van der Waals surface area contributed by atoms with Crippen LogP contribution in [0.5, 0.6) is 11.5 Å². The highest BCUT2D eigenvalue weighted by atomic mass is 19.4. The number of nitrogens with zero attached hydrogens (tertiary/aromatic N) is 8. The number of amides is 2. The van der Waals surface area contributed by atoms with E-state index in [1.165, 1.54) is 0 Å². The number of nitrogens with one attached hydrogen (secondary N) is 2. The van der Waals surface area contributed by atoms with Gasteiger partial charge in [-0.25, -0.2) is 19.9 Å². The van der Waals surface area contributed by atoms with Crippen LogP contribution in [-0.2, 0) is 21.9 Å². The minimum absolute atomic E-state index is 0.0617. The number of carbonyl (C=O) groups is 2. The second-order valence-corrected chi connectivity index (χ2v) is 16.6. The van der Waals surface area contributed by atoms with Crippen LogP contribution in [0.1, 0.15) is 22.5 Å². The van der Waals surface area contributed by atoms with Crippen LogP contribution in [0.3, 0.4) is 0 Å². The van der Waals surface area contributed by atoms with E-state index >= 15 is 0 Å². The summed E-state index contributed by atoms with van der Waals surface area (Å²) < 4.78 is 93.7. The van der Waals surface area contributed by atoms with Gasteiger partial charge in [0, 0.05) is 81.1 Å². The monoisotopic (exact) mass is 946 g/mol. The number of ether oxygens (including phenoxy) is 2. The number of hydrogen-bond acceptors (Lipinski definition) is 13. The third-order valence-corrected chi connectivity index (χ3v) is 11.8. The Morgan fingerprint density at radius 3 is 1.38 bits per heavy atom. The number of halogens is 6. The minimum atomic E-state index is -4.70. The number of benzene rings is 4. The van der Waals surface area contributed by atoms with Gasteiger partial charge in [0.1, 0.15) is 11.5 Å². The van der Waals surface area contributed by atoms with Crippen molar-refractivity contribution in [1.82, 2.24) is 29.7 Å². The van der Waals surface area contributed by atoms with Gasteiger partial charge >= 0.3 is 12.4 Å². The summed E-state index contributed by atoms with van der Waals surface area (Å²) in [4.78, 5) is 56.5. The fourth-order valence-corrected chi connectivity index (χ4v) is 7.96. The Morgan fingerprint density at radius 2 is 1.00 bits per heavy atom. The zero-order valence-corrected chi connectivity index (χ0v) is 37.2. The Hall–Kier alpha value is -6.84. The van der Waals surface area contributed by atoms with Gasteiger partial charge in [-0.1, -0.05) is 0 Å². The molecule has 2 fully saturated rings. The molecule has 0 radical (unpaired) electrons. The van der Waals surface area contributed by atoms with Crippen molar-refractivity contribution < 1.29 is 50.5 Å². The number of piperazine rings is 2. The summed E-state index contributed by atoms with van der Waals surface area (Å²) >= 11 is 0. The number of fused-ring (bicyclic) bond motifs is 2. The minimum Gasteiger partial charge on any atom is -0.476 e. The molecule has 6 aromatic rings. The Balaban J connectivity index is 1.12. The van der Waals surface area contributed by atoms with E-state index in [0.29, 0.717) is 64.7 Å². The van der Waals surface area contributed by atoms with Crippen LogP contribution in [0.25, 0.3) is 21.8 Å². The van der Waals surface area contributed by atoms with E-state index in [2.05, 4.69) is 25.3 Å². The maximum Gasteiger partial charge on any atom is 0.416 e. The molecule has 0 spiro atoms. The van der Waals surface area contributed by atoms with Crippen LogP contribution in [-0.4, -0.2) is 131 Å². The van der Waals surface area contributed by atoms with Crippen LogP contribution in [0.2, 0.25) is 0 Å². The lowest BCUT2D eigenvalue weighted by molar-refractivity contribution is -0.138. The van der Waals surface area contributed by atoms with Gasteiger partial charge in [-0.3, -0.25) is 14.5 Å². The molecule has 358 valence electrons. The SMILES string of the molecule is Cc1nc(N2CCN(C)CC2)nc2ccc(NC(=O)C(Oc3ccc(C(F)(F)F)cc3)C(Oc3ccc(C(F)(F)F)cc3)C(=O)Nc3ccc4nc(N5CCN(CCO)CC5)nc(C)c4c3)cc12. The number of aromatic nitrogens is 4. The van der Waals surface area contributed by atoms with Crippen LogP contribution in [0, 0.1) is 13.8 Å². The molecule has 0 saturated carbocycles. The average molecular weight is 947 g/mol. The van der Waals surface area contributed by atoms with Crippen molar-refractivity contribution in [1.29, 1.82) is 0 Å². The smallest absolute Gasteiger partial charge is 0.416 e. The van der Waals surface area contributed by atoms with Crippen molar-refractivity contribution in [2.75, 3.05) is 93.0 Å². The standard InChI is InChI=1S/C47H48F6N10O5/c1-28-36-26-32(8-14-38(36)58-44(54-28)62-20-16-60(3)17-21-62)56-42(65)40(67-34-10-4-30(5-11-34)46(48,49)50)41(68-35-12-6-31(7-13-35)47(51,52)53)43(66)57-33-9-15-39-37(27-33)29(2)55-45(59-39)63-22-18-61(19-23-63)24-25-64/h4-15,26-27,40-41,64H,16-25H2,1-3H3,(H,56,65)(H,57,66). The first kappa shape index (κ1) is 47.6. The predicted molar refractivity (Wildman–Crippen MR) is 243 cm³/mol. The number of carbonyl (C=O) groups excluding carboxylic acids is 2. The van der Waals surface area contributed by atoms with Gasteiger partial charge < -0.3 is 39.9 Å². The van der Waals surface area contributed by atoms with Crippen molar-refractivity contribution >= 4 is 56.9 Å². The summed E-state index contributed by atoms with van der Waals surface area (Å²) in [6.07, 6.45) is -13.4. The highest BCUT2D eigenvalue weighted by Gasteiger charge is 2.40. The number of β-amino-alcohol motifs (C(OH)–C–C–N with tert-alkyl or cyclic N) is 1. The molecule has 68 heavy (non-hydrogen) atoms. The molecular weight excluding hydrogens is 899 g/mol. The third kappa shape index (κ3) is 11.1. The fraction of sp³-hybridized carbons (Fsp3) is 0.362. The van der Waals surface area contributed by atoms with Crippen molar-refractivity contribution in [3.63, 3.8) is 0 Å². The van der Waals surface area contributed by atoms with Crippen LogP contribution >= 0.6 is 0 Å². The second-order valence-electron chi connectivity index (χ2n) is 16.6. The van der Waals surface area contributed by atoms with E-state index in [9.17, 15) is 41.0 Å². The number of aryl methyl sites for hydroxylation is 2. The molecule has 15 nitrogen and oxygen atoms in total. The van der Waals surface area contributed by atoms with Gasteiger partial charge in [0.2, 0.25) is 24.1 Å². The maximum atomic E-state index is 14.6. The van der Waals surface area contributed by atoms with Gasteiger partial charge in [-0.05, 0) is 106 Å². The summed E-state index contributed by atoms with van der Waals surface area (Å²) in [7, 11) is 2.04. The van der Waals surface area contributed by atoms with Gasteiger partial charge in [0.05, 0.1) is 40.2 Å². The van der Waals surface area contributed by atoms with Crippen LogP contribution < -0.4 is 29.9 Å². The lowest BCUT2D eigenvalue weighted by atomic mass is 10.1. The predicted octanol–water partition coefficient (Wildman–Crippen LogP) is 6.57. The highest BCUT2D eigenvalue weighted by Crippen LogP contribution is 2.33. The first-order chi connectivity index (χ1) is 32.4. The summed E-state index contributed by atoms with van der Waals surface area (Å²) in [5, 5.41) is 16.0. The van der Waals surface area contributed by atoms with Gasteiger partial charge in [0.25, 0.3) is 11.8 Å². The number of aliphatic hydroxyl groups is 1. The normalized spacial score (nSPS) is 16.1. The molecule has 2 atom stereocenters. The Bertz CT molecular complexity index is 2760. The zero-order chi connectivity index (χ0) is 48.3. The number of hydrogen-bond donors (Lipinski definition) is 3. The van der Waals surface area contributed by atoms with E-state index in [4.69, 9.17) is 29.4 Å². The molecule has 2 saturated heterocycles. The molecule has 4 aromatic carbocycles. The first-order valence-electron chi connectivity index (χ1n) is 21.8. The largest absolute Gasteiger partial charge is 0.476 e. The number of likely N-dealkylation sites (N-methyl/N-ethyl adjacent to an activating group) is 1. The van der Waals surface area contributed by atoms with E-state index in [-0.39, 0.29) is 29.5 Å². The van der Waals surface area contributed by atoms with E-state index in [0.717, 1.165) is 87.8 Å². The summed E-state index contributed by atoms with van der Waals surface area (Å²) in [5.74, 6) is -1.42. The third-order valence-electron chi connectivity index (χ3n) is 11.8. The Kier molecular flexibility index (Phi) is 13.9. The quantitative estimate of drug-likeness (QED) is 0.107. The molecule has 2 aliphatic heterocycles.